The first-order valence-electron chi connectivity index (χ1n) is 19.3. The van der Waals surface area contributed by atoms with Crippen LogP contribution in [0.2, 0.25) is 5.02 Å². The van der Waals surface area contributed by atoms with Gasteiger partial charge in [-0.25, -0.2) is 39.7 Å². The van der Waals surface area contributed by atoms with Gasteiger partial charge in [-0.05, 0) is 72.0 Å². The fraction of sp³-hybridized carbons (Fsp3) is 0.238. The molecule has 334 valence electrons. The fourth-order valence-corrected chi connectivity index (χ4v) is 9.36. The van der Waals surface area contributed by atoms with Gasteiger partial charge in [-0.15, -0.1) is 0 Å². The van der Waals surface area contributed by atoms with Crippen LogP contribution in [0.1, 0.15) is 58.7 Å². The molecule has 3 atom stereocenters. The second-order valence-electron chi connectivity index (χ2n) is 15.7. The SMILES string of the molecule is Cn1nc(NS(C)(=O)=O)c2c(Cl)ccc(-n3c([C@H](Cc4cc(F)cc(F)c4)NC(=O)Cn4nc(C(F)F)c5c4C(F)(F)[C@H]4CC54)nc4cc(-c5ccc(F)c(C#N)c5F)ccc4c3=O)c21. The van der Waals surface area contributed by atoms with Gasteiger partial charge < -0.3 is 5.32 Å². The van der Waals surface area contributed by atoms with Crippen LogP contribution in [0.25, 0.3) is 38.6 Å². The molecule has 65 heavy (non-hydrogen) atoms. The summed E-state index contributed by atoms with van der Waals surface area (Å²) in [5, 5.41) is 19.7. The predicted octanol–water partition coefficient (Wildman–Crippen LogP) is 7.84. The van der Waals surface area contributed by atoms with Gasteiger partial charge in [0, 0.05) is 36.6 Å². The Morgan fingerprint density at radius 1 is 1.03 bits per heavy atom. The Morgan fingerprint density at radius 3 is 2.43 bits per heavy atom. The molecule has 9 rings (SSSR count). The molecular formula is C42H28ClF8N9O4S. The minimum absolute atomic E-state index is 0.00625. The second kappa shape index (κ2) is 15.4. The highest BCUT2D eigenvalue weighted by Gasteiger charge is 2.67. The van der Waals surface area contributed by atoms with E-state index in [1.807, 2.05) is 0 Å². The molecule has 0 aliphatic heterocycles. The number of sulfonamides is 1. The minimum atomic E-state index is -3.98. The number of anilines is 1. The molecule has 1 fully saturated rings. The molecule has 2 N–H and O–H groups in total. The van der Waals surface area contributed by atoms with Crippen molar-refractivity contribution >= 4 is 55.2 Å². The van der Waals surface area contributed by atoms with Gasteiger partial charge in [0.1, 0.15) is 52.8 Å². The van der Waals surface area contributed by atoms with Crippen LogP contribution in [-0.4, -0.2) is 49.7 Å². The average Bonchev–Trinajstić information content (AvgIpc) is 3.76. The van der Waals surface area contributed by atoms with Gasteiger partial charge in [0.15, 0.2) is 11.6 Å². The van der Waals surface area contributed by atoms with E-state index in [-0.39, 0.29) is 67.0 Å². The summed E-state index contributed by atoms with van der Waals surface area (Å²) < 4.78 is 148. The highest BCUT2D eigenvalue weighted by molar-refractivity contribution is 7.92. The Morgan fingerprint density at radius 2 is 1.75 bits per heavy atom. The molecule has 0 spiro atoms. The summed E-state index contributed by atoms with van der Waals surface area (Å²) >= 11 is 6.59. The molecule has 3 heterocycles. The molecule has 0 saturated heterocycles. The molecule has 0 bridgehead atoms. The van der Waals surface area contributed by atoms with Crippen molar-refractivity contribution in [1.29, 1.82) is 5.26 Å². The van der Waals surface area contributed by atoms with Crippen molar-refractivity contribution in [3.63, 3.8) is 0 Å². The highest BCUT2D eigenvalue weighted by atomic mass is 35.5. The molecule has 2 aliphatic rings. The van der Waals surface area contributed by atoms with E-state index in [0.29, 0.717) is 10.7 Å². The Bertz CT molecular complexity index is 3400. The molecule has 23 heteroatoms. The van der Waals surface area contributed by atoms with E-state index in [0.717, 1.165) is 35.1 Å². The number of carbonyl (C=O) groups excluding carboxylic acids is 1. The number of amides is 1. The monoisotopic (exact) mass is 941 g/mol. The number of hydrogen-bond acceptors (Lipinski definition) is 8. The summed E-state index contributed by atoms with van der Waals surface area (Å²) in [5.74, 6) is -12.1. The van der Waals surface area contributed by atoms with Crippen LogP contribution < -0.4 is 15.6 Å². The van der Waals surface area contributed by atoms with Crippen LogP contribution >= 0.6 is 11.6 Å². The number of carbonyl (C=O) groups is 1. The highest BCUT2D eigenvalue weighted by Crippen LogP contribution is 2.68. The number of hydrogen-bond donors (Lipinski definition) is 2. The average molecular weight is 942 g/mol. The van der Waals surface area contributed by atoms with Crippen LogP contribution in [0.4, 0.5) is 40.9 Å². The normalized spacial score (nSPS) is 16.7. The van der Waals surface area contributed by atoms with Crippen molar-refractivity contribution in [3.8, 4) is 22.9 Å². The topological polar surface area (TPSA) is 170 Å². The lowest BCUT2D eigenvalue weighted by Crippen LogP contribution is -2.38. The van der Waals surface area contributed by atoms with E-state index in [2.05, 4.69) is 20.2 Å². The van der Waals surface area contributed by atoms with Gasteiger partial charge >= 0.3 is 0 Å². The van der Waals surface area contributed by atoms with Gasteiger partial charge in [-0.1, -0.05) is 17.7 Å². The van der Waals surface area contributed by atoms with Crippen LogP contribution in [0.5, 0.6) is 0 Å². The Labute approximate surface area is 365 Å². The standard InChI is InChI=1S/C42H28ClF8N9O4S/c1-58-36-30(8-6-26(43)33(36)39(56-58)57-65(2,63)64)60-40(54-28-12-18(3-4-22(28)41(60)62)21-5-7-27(46)24(15-52)34(21)47)29(11-17-9-19(44)13-20(45)10-17)53-31(61)16-59-37-32(35(55-59)38(48)49)23-14-25(23)42(37,50)51/h3-10,12-13,23,25,29,38H,11,14,16H2,1-2H3,(H,53,61)(H,56,57)/t23?,25-,29-/m0/s1. The lowest BCUT2D eigenvalue weighted by molar-refractivity contribution is -0.123. The number of nitrogens with one attached hydrogen (secondary N) is 2. The number of aromatic nitrogens is 6. The van der Waals surface area contributed by atoms with Crippen molar-refractivity contribution in [2.45, 2.75) is 43.7 Å². The molecule has 1 unspecified atom stereocenters. The maximum Gasteiger partial charge on any atom is 0.293 e. The van der Waals surface area contributed by atoms with Gasteiger partial charge in [0.2, 0.25) is 15.9 Å². The zero-order valence-electron chi connectivity index (χ0n) is 33.3. The smallest absolute Gasteiger partial charge is 0.293 e. The Hall–Kier alpha value is -6.86. The summed E-state index contributed by atoms with van der Waals surface area (Å²) in [7, 11) is -2.59. The van der Waals surface area contributed by atoms with E-state index >= 15 is 18.0 Å². The first-order chi connectivity index (χ1) is 30.7. The summed E-state index contributed by atoms with van der Waals surface area (Å²) in [6.45, 7) is -1.07. The zero-order valence-corrected chi connectivity index (χ0v) is 34.9. The number of fused-ring (bicyclic) bond motifs is 5. The lowest BCUT2D eigenvalue weighted by Gasteiger charge is -2.24. The number of rotatable bonds is 11. The third-order valence-electron chi connectivity index (χ3n) is 11.3. The zero-order chi connectivity index (χ0) is 46.6. The second-order valence-corrected chi connectivity index (χ2v) is 17.8. The van der Waals surface area contributed by atoms with Gasteiger partial charge in [-0.3, -0.25) is 28.2 Å². The van der Waals surface area contributed by atoms with Crippen molar-refractivity contribution in [2.24, 2.45) is 13.0 Å². The van der Waals surface area contributed by atoms with Crippen LogP contribution in [0.3, 0.4) is 0 Å². The largest absolute Gasteiger partial charge is 0.344 e. The molecule has 4 aromatic carbocycles. The van der Waals surface area contributed by atoms with Crippen molar-refractivity contribution in [1.82, 2.24) is 34.4 Å². The number of nitriles is 1. The first-order valence-corrected chi connectivity index (χ1v) is 21.5. The molecule has 0 radical (unpaired) electrons. The molecule has 3 aromatic heterocycles. The number of nitrogens with zero attached hydrogens (tertiary/aromatic N) is 7. The summed E-state index contributed by atoms with van der Waals surface area (Å²) in [6.07, 6.45) is -3.04. The summed E-state index contributed by atoms with van der Waals surface area (Å²) in [4.78, 5) is 33.9. The number of alkyl halides is 4. The van der Waals surface area contributed by atoms with Crippen LogP contribution in [0, 0.1) is 40.5 Å². The van der Waals surface area contributed by atoms with Gasteiger partial charge in [0.25, 0.3) is 17.9 Å². The third-order valence-corrected chi connectivity index (χ3v) is 12.2. The molecule has 1 amide bonds. The Balaban J connectivity index is 1.27. The summed E-state index contributed by atoms with van der Waals surface area (Å²) in [6, 6.07) is 10.4. The van der Waals surface area contributed by atoms with Crippen molar-refractivity contribution in [2.75, 3.05) is 11.0 Å². The summed E-state index contributed by atoms with van der Waals surface area (Å²) in [5.41, 5.74) is -4.62. The van der Waals surface area contributed by atoms with Crippen molar-refractivity contribution < 1.29 is 48.3 Å². The third kappa shape index (κ3) is 7.41. The predicted molar refractivity (Wildman–Crippen MR) is 218 cm³/mol. The van der Waals surface area contributed by atoms with Crippen molar-refractivity contribution in [3.05, 3.63) is 133 Å². The van der Waals surface area contributed by atoms with Gasteiger partial charge in [0.05, 0.1) is 44.8 Å². The lowest BCUT2D eigenvalue weighted by atomic mass is 10.00. The number of aryl methyl sites for hydroxylation is 1. The van der Waals surface area contributed by atoms with Gasteiger partial charge in [-0.2, -0.15) is 24.2 Å². The van der Waals surface area contributed by atoms with E-state index in [1.165, 1.54) is 48.1 Å². The number of benzene rings is 4. The first kappa shape index (κ1) is 43.4. The fourth-order valence-electron chi connectivity index (χ4n) is 8.63. The molecule has 1 saturated carbocycles. The van der Waals surface area contributed by atoms with E-state index in [4.69, 9.17) is 16.6 Å². The number of halogens is 9. The maximum atomic E-state index is 15.5. The molecule has 2 aliphatic carbocycles. The molecule has 13 nitrogen and oxygen atoms in total. The van der Waals surface area contributed by atoms with Crippen LogP contribution in [0.15, 0.2) is 65.5 Å². The maximum absolute atomic E-state index is 15.5. The molecular weight excluding hydrogens is 914 g/mol. The van der Waals surface area contributed by atoms with E-state index in [1.54, 1.807) is 0 Å². The van der Waals surface area contributed by atoms with E-state index < -0.39 is 111 Å². The Kier molecular flexibility index (Phi) is 10.3. The quantitative estimate of drug-likeness (QED) is 0.124. The van der Waals surface area contributed by atoms with Crippen LogP contribution in [-0.2, 0) is 40.8 Å². The molecule has 7 aromatic rings. The van der Waals surface area contributed by atoms with E-state index in [9.17, 15) is 40.4 Å². The minimum Gasteiger partial charge on any atom is -0.344 e.